The SMILES string of the molecule is CCCN(CC(=O)Nc1ccccc1C)C(=O)c1ccccc1Br. The van der Waals surface area contributed by atoms with Crippen LogP contribution in [0.5, 0.6) is 0 Å². The fourth-order valence-corrected chi connectivity index (χ4v) is 2.86. The summed E-state index contributed by atoms with van der Waals surface area (Å²) in [6.45, 7) is 4.48. The molecule has 2 amide bonds. The van der Waals surface area contributed by atoms with Crippen molar-refractivity contribution in [1.29, 1.82) is 0 Å². The van der Waals surface area contributed by atoms with E-state index >= 15 is 0 Å². The molecule has 1 N–H and O–H groups in total. The van der Waals surface area contributed by atoms with Gasteiger partial charge in [0, 0.05) is 16.7 Å². The van der Waals surface area contributed by atoms with E-state index in [-0.39, 0.29) is 18.4 Å². The molecule has 0 radical (unpaired) electrons. The molecule has 0 fully saturated rings. The van der Waals surface area contributed by atoms with Gasteiger partial charge in [-0.2, -0.15) is 0 Å². The summed E-state index contributed by atoms with van der Waals surface area (Å²) < 4.78 is 0.732. The number of anilines is 1. The summed E-state index contributed by atoms with van der Waals surface area (Å²) in [5, 5.41) is 2.88. The molecule has 0 unspecified atom stereocenters. The number of hydrogen-bond acceptors (Lipinski definition) is 2. The highest BCUT2D eigenvalue weighted by molar-refractivity contribution is 9.10. The van der Waals surface area contributed by atoms with Crippen LogP contribution in [0.3, 0.4) is 0 Å². The second kappa shape index (κ2) is 8.64. The fourth-order valence-electron chi connectivity index (χ4n) is 2.40. The van der Waals surface area contributed by atoms with Crippen molar-refractivity contribution in [2.45, 2.75) is 20.3 Å². The largest absolute Gasteiger partial charge is 0.329 e. The number of aryl methyl sites for hydroxylation is 1. The summed E-state index contributed by atoms with van der Waals surface area (Å²) >= 11 is 3.40. The first-order chi connectivity index (χ1) is 11.5. The van der Waals surface area contributed by atoms with Crippen LogP contribution in [0, 0.1) is 6.92 Å². The summed E-state index contributed by atoms with van der Waals surface area (Å²) in [7, 11) is 0. The van der Waals surface area contributed by atoms with E-state index in [9.17, 15) is 9.59 Å². The van der Waals surface area contributed by atoms with Crippen molar-refractivity contribution in [2.24, 2.45) is 0 Å². The van der Waals surface area contributed by atoms with E-state index in [2.05, 4.69) is 21.2 Å². The minimum atomic E-state index is -0.196. The number of carbonyl (C=O) groups is 2. The van der Waals surface area contributed by atoms with Gasteiger partial charge in [0.25, 0.3) is 5.91 Å². The number of carbonyl (C=O) groups excluding carboxylic acids is 2. The number of amides is 2. The highest BCUT2D eigenvalue weighted by Crippen LogP contribution is 2.18. The molecule has 2 aromatic carbocycles. The third kappa shape index (κ3) is 4.68. The summed E-state index contributed by atoms with van der Waals surface area (Å²) in [6.07, 6.45) is 0.786. The van der Waals surface area contributed by atoms with E-state index in [4.69, 9.17) is 0 Å². The molecule has 2 aromatic rings. The first-order valence-corrected chi connectivity index (χ1v) is 8.71. The van der Waals surface area contributed by atoms with Crippen LogP contribution in [0.2, 0.25) is 0 Å². The molecule has 126 valence electrons. The average molecular weight is 389 g/mol. The zero-order chi connectivity index (χ0) is 17.5. The van der Waals surface area contributed by atoms with Crippen LogP contribution in [-0.2, 0) is 4.79 Å². The van der Waals surface area contributed by atoms with Crippen molar-refractivity contribution in [3.63, 3.8) is 0 Å². The zero-order valence-corrected chi connectivity index (χ0v) is 15.5. The third-order valence-corrected chi connectivity index (χ3v) is 4.33. The average Bonchev–Trinajstić information content (AvgIpc) is 2.56. The standard InChI is InChI=1S/C19H21BrN2O2/c1-3-12-22(19(24)15-9-5-6-10-16(15)20)13-18(23)21-17-11-7-4-8-14(17)2/h4-11H,3,12-13H2,1-2H3,(H,21,23). The molecule has 0 heterocycles. The second-order valence-electron chi connectivity index (χ2n) is 5.57. The van der Waals surface area contributed by atoms with Crippen LogP contribution in [0.25, 0.3) is 0 Å². The maximum absolute atomic E-state index is 12.7. The molecule has 0 saturated carbocycles. The number of hydrogen-bond donors (Lipinski definition) is 1. The molecule has 5 heteroatoms. The van der Waals surface area contributed by atoms with Gasteiger partial charge in [0.1, 0.15) is 6.54 Å². The van der Waals surface area contributed by atoms with Gasteiger partial charge in [0.2, 0.25) is 5.91 Å². The normalized spacial score (nSPS) is 10.3. The second-order valence-corrected chi connectivity index (χ2v) is 6.42. The van der Waals surface area contributed by atoms with Gasteiger partial charge in [-0.1, -0.05) is 37.3 Å². The number of benzene rings is 2. The Balaban J connectivity index is 2.10. The summed E-state index contributed by atoms with van der Waals surface area (Å²) in [6, 6.07) is 14.8. The summed E-state index contributed by atoms with van der Waals surface area (Å²) in [5.41, 5.74) is 2.33. The molecule has 4 nitrogen and oxygen atoms in total. The maximum Gasteiger partial charge on any atom is 0.255 e. The fraction of sp³-hybridized carbons (Fsp3) is 0.263. The Morgan fingerprint density at radius 2 is 1.75 bits per heavy atom. The molecule has 0 aliphatic rings. The van der Waals surface area contributed by atoms with E-state index < -0.39 is 0 Å². The van der Waals surface area contributed by atoms with Crippen LogP contribution in [0.4, 0.5) is 5.69 Å². The molecule has 24 heavy (non-hydrogen) atoms. The van der Waals surface area contributed by atoms with Crippen LogP contribution in [0.15, 0.2) is 53.0 Å². The Bertz CT molecular complexity index is 731. The topological polar surface area (TPSA) is 49.4 Å². The molecule has 0 spiro atoms. The Morgan fingerprint density at radius 1 is 1.08 bits per heavy atom. The van der Waals surface area contributed by atoms with E-state index in [1.54, 1.807) is 11.0 Å². The van der Waals surface area contributed by atoms with Crippen molar-refractivity contribution >= 4 is 33.4 Å². The molecule has 0 atom stereocenters. The van der Waals surface area contributed by atoms with Gasteiger partial charge < -0.3 is 10.2 Å². The van der Waals surface area contributed by atoms with Crippen LogP contribution in [-0.4, -0.2) is 29.8 Å². The molecule has 0 bridgehead atoms. The smallest absolute Gasteiger partial charge is 0.255 e. The number of para-hydroxylation sites is 1. The number of halogens is 1. The van der Waals surface area contributed by atoms with E-state index in [0.29, 0.717) is 12.1 Å². The van der Waals surface area contributed by atoms with Crippen LogP contribution < -0.4 is 5.32 Å². The van der Waals surface area contributed by atoms with Gasteiger partial charge in [0.05, 0.1) is 5.56 Å². The van der Waals surface area contributed by atoms with Gasteiger partial charge in [-0.15, -0.1) is 0 Å². The highest BCUT2D eigenvalue weighted by Gasteiger charge is 2.20. The van der Waals surface area contributed by atoms with E-state index in [1.165, 1.54) is 0 Å². The van der Waals surface area contributed by atoms with Gasteiger partial charge >= 0.3 is 0 Å². The predicted octanol–water partition coefficient (Wildman–Crippen LogP) is 4.25. The Labute approximate surface area is 151 Å². The molecular weight excluding hydrogens is 368 g/mol. The Hall–Kier alpha value is -2.14. The van der Waals surface area contributed by atoms with Gasteiger partial charge in [0.15, 0.2) is 0 Å². The lowest BCUT2D eigenvalue weighted by Gasteiger charge is -2.22. The van der Waals surface area contributed by atoms with Gasteiger partial charge in [-0.25, -0.2) is 0 Å². The van der Waals surface area contributed by atoms with Gasteiger partial charge in [-0.05, 0) is 53.0 Å². The highest BCUT2D eigenvalue weighted by atomic mass is 79.9. The zero-order valence-electron chi connectivity index (χ0n) is 13.9. The van der Waals surface area contributed by atoms with Crippen molar-refractivity contribution < 1.29 is 9.59 Å². The van der Waals surface area contributed by atoms with Crippen molar-refractivity contribution in [2.75, 3.05) is 18.4 Å². The maximum atomic E-state index is 12.7. The van der Waals surface area contributed by atoms with E-state index in [1.807, 2.05) is 56.3 Å². The Morgan fingerprint density at radius 3 is 2.42 bits per heavy atom. The first-order valence-electron chi connectivity index (χ1n) is 7.92. The van der Waals surface area contributed by atoms with E-state index in [0.717, 1.165) is 22.1 Å². The van der Waals surface area contributed by atoms with Gasteiger partial charge in [-0.3, -0.25) is 9.59 Å². The van der Waals surface area contributed by atoms with Crippen molar-refractivity contribution in [1.82, 2.24) is 4.90 Å². The molecule has 0 aromatic heterocycles. The van der Waals surface area contributed by atoms with Crippen LogP contribution in [0.1, 0.15) is 29.3 Å². The number of nitrogens with one attached hydrogen (secondary N) is 1. The third-order valence-electron chi connectivity index (χ3n) is 3.64. The monoisotopic (exact) mass is 388 g/mol. The molecular formula is C19H21BrN2O2. The first kappa shape index (κ1) is 18.2. The molecule has 2 rings (SSSR count). The lowest BCUT2D eigenvalue weighted by atomic mass is 10.2. The quantitative estimate of drug-likeness (QED) is 0.803. The lowest BCUT2D eigenvalue weighted by Crippen LogP contribution is -2.38. The van der Waals surface area contributed by atoms with Crippen molar-refractivity contribution in [3.8, 4) is 0 Å². The lowest BCUT2D eigenvalue weighted by molar-refractivity contribution is -0.116. The Kier molecular flexibility index (Phi) is 6.55. The minimum Gasteiger partial charge on any atom is -0.329 e. The number of rotatable bonds is 6. The minimum absolute atomic E-state index is 0.0301. The number of nitrogens with zero attached hydrogens (tertiary/aromatic N) is 1. The van der Waals surface area contributed by atoms with Crippen LogP contribution >= 0.6 is 15.9 Å². The molecule has 0 saturated heterocycles. The predicted molar refractivity (Wildman–Crippen MR) is 100 cm³/mol. The molecule has 0 aliphatic carbocycles. The van der Waals surface area contributed by atoms with Crippen molar-refractivity contribution in [3.05, 3.63) is 64.1 Å². The molecule has 0 aliphatic heterocycles. The summed E-state index contributed by atoms with van der Waals surface area (Å²) in [5.74, 6) is -0.345. The summed E-state index contributed by atoms with van der Waals surface area (Å²) in [4.78, 5) is 26.7.